The van der Waals surface area contributed by atoms with Crippen molar-refractivity contribution in [3.63, 3.8) is 0 Å². The molecule has 0 saturated carbocycles. The molecule has 226 valence electrons. The highest BCUT2D eigenvalue weighted by atomic mass is 16.5. The minimum Gasteiger partial charge on any atom is -0.510 e. The second kappa shape index (κ2) is 9.90. The SMILES string of the molecule is COC(=O)C1CN(Cc2ccc3cc4c(c(O)c3c2)C(=O)C2=C(O)[C@]3(O)C(=O)C(C(N)=O)=C(O)[C@@H](N(C)C)[C@@H]3C[C@@H]2C4)C1. The summed E-state index contributed by atoms with van der Waals surface area (Å²) >= 11 is 0. The number of likely N-dealkylation sites (tertiary alicyclic amines) is 1. The Morgan fingerprint density at radius 3 is 2.47 bits per heavy atom. The maximum atomic E-state index is 14.0. The number of hydrogen-bond acceptors (Lipinski definition) is 11. The Morgan fingerprint density at radius 2 is 1.84 bits per heavy atom. The summed E-state index contributed by atoms with van der Waals surface area (Å²) in [7, 11) is 4.53. The number of rotatable bonds is 5. The Labute approximate surface area is 246 Å². The molecule has 1 amide bonds. The summed E-state index contributed by atoms with van der Waals surface area (Å²) < 4.78 is 4.79. The summed E-state index contributed by atoms with van der Waals surface area (Å²) in [4.78, 5) is 54.9. The number of aliphatic hydroxyl groups is 3. The number of phenols is 1. The first-order valence-electron chi connectivity index (χ1n) is 14.0. The van der Waals surface area contributed by atoms with Gasteiger partial charge in [-0.2, -0.15) is 0 Å². The lowest BCUT2D eigenvalue weighted by Crippen LogP contribution is -2.63. The predicted molar refractivity (Wildman–Crippen MR) is 152 cm³/mol. The molecule has 4 atom stereocenters. The van der Waals surface area contributed by atoms with Crippen LogP contribution in [0.15, 0.2) is 46.9 Å². The van der Waals surface area contributed by atoms with Gasteiger partial charge in [-0.25, -0.2) is 0 Å². The Bertz CT molecular complexity index is 1690. The van der Waals surface area contributed by atoms with Gasteiger partial charge in [-0.05, 0) is 55.4 Å². The third-order valence-electron chi connectivity index (χ3n) is 9.49. The van der Waals surface area contributed by atoms with E-state index in [0.29, 0.717) is 36.0 Å². The van der Waals surface area contributed by atoms with Gasteiger partial charge in [-0.15, -0.1) is 0 Å². The number of benzene rings is 2. The quantitative estimate of drug-likeness (QED) is 0.245. The average molecular weight is 592 g/mol. The summed E-state index contributed by atoms with van der Waals surface area (Å²) in [6.07, 6.45) is 0.258. The second-order valence-corrected chi connectivity index (χ2v) is 12.2. The molecule has 2 aromatic carbocycles. The Morgan fingerprint density at radius 1 is 1.14 bits per heavy atom. The van der Waals surface area contributed by atoms with Crippen LogP contribution < -0.4 is 5.73 Å². The van der Waals surface area contributed by atoms with Gasteiger partial charge in [0.05, 0.1) is 24.6 Å². The number of carbonyl (C=O) groups is 4. The first-order valence-corrected chi connectivity index (χ1v) is 14.0. The number of phenolic OH excluding ortho intramolecular Hbond substituents is 1. The highest BCUT2D eigenvalue weighted by molar-refractivity contribution is 6.25. The number of aliphatic hydroxyl groups excluding tert-OH is 2. The highest BCUT2D eigenvalue weighted by Gasteiger charge is 2.63. The predicted octanol–water partition coefficient (Wildman–Crippen LogP) is 0.879. The van der Waals surface area contributed by atoms with Crippen molar-refractivity contribution in [1.82, 2.24) is 9.80 Å². The Balaban J connectivity index is 1.40. The van der Waals surface area contributed by atoms with Crippen LogP contribution in [0.1, 0.15) is 27.9 Å². The molecule has 0 radical (unpaired) electrons. The van der Waals surface area contributed by atoms with Gasteiger partial charge in [0.15, 0.2) is 11.4 Å². The zero-order valence-corrected chi connectivity index (χ0v) is 24.0. The molecule has 6 N–H and O–H groups in total. The van der Waals surface area contributed by atoms with Crippen molar-refractivity contribution in [1.29, 1.82) is 0 Å². The average Bonchev–Trinajstić information content (AvgIpc) is 2.92. The standard InChI is InChI=1S/C31H33N3O9/c1-33(2)23-19-9-16-8-15-7-14-5-4-13(10-34-11-17(12-34)30(41)43-3)6-18(14)24(35)20(15)25(36)21(16)27(38)31(19,42)28(39)22(26(23)37)29(32)40/h4-7,16-17,19,23,35,37-38,42H,8-12H2,1-3H3,(H2,32,40)/t16-,19-,23-,31-/m0/s1. The third kappa shape index (κ3) is 4.08. The lowest BCUT2D eigenvalue weighted by molar-refractivity contribution is -0.151. The van der Waals surface area contributed by atoms with Crippen LogP contribution >= 0.6 is 0 Å². The number of carbonyl (C=O) groups excluding carboxylic acids is 4. The fourth-order valence-corrected chi connectivity index (χ4v) is 7.44. The van der Waals surface area contributed by atoms with Gasteiger partial charge in [-0.1, -0.05) is 18.2 Å². The van der Waals surface area contributed by atoms with Gasteiger partial charge in [0.1, 0.15) is 22.8 Å². The van der Waals surface area contributed by atoms with E-state index in [1.807, 2.05) is 18.2 Å². The Hall–Kier alpha value is -4.26. The highest BCUT2D eigenvalue weighted by Crippen LogP contribution is 2.52. The molecule has 6 rings (SSSR count). The molecule has 12 heteroatoms. The number of amides is 1. The number of fused-ring (bicyclic) bond motifs is 4. The zero-order valence-electron chi connectivity index (χ0n) is 24.0. The van der Waals surface area contributed by atoms with Crippen LogP contribution in [0.25, 0.3) is 10.8 Å². The molecule has 12 nitrogen and oxygen atoms in total. The van der Waals surface area contributed by atoms with E-state index >= 15 is 0 Å². The molecule has 1 fully saturated rings. The summed E-state index contributed by atoms with van der Waals surface area (Å²) in [5.74, 6) is -7.16. The number of methoxy groups -OCH3 is 1. The lowest BCUT2D eigenvalue weighted by Gasteiger charge is -2.50. The number of Topliss-reactive ketones (excluding diaryl/α,β-unsaturated/α-hetero) is 2. The minimum atomic E-state index is -2.68. The number of ketones is 2. The molecule has 43 heavy (non-hydrogen) atoms. The van der Waals surface area contributed by atoms with E-state index in [9.17, 15) is 39.6 Å². The topological polar surface area (TPSA) is 191 Å². The summed E-state index contributed by atoms with van der Waals surface area (Å²) in [6, 6.07) is 6.32. The van der Waals surface area contributed by atoms with Crippen LogP contribution in [-0.4, -0.2) is 99.6 Å². The van der Waals surface area contributed by atoms with Gasteiger partial charge >= 0.3 is 5.97 Å². The number of nitrogens with two attached hydrogens (primary N) is 1. The first-order chi connectivity index (χ1) is 20.3. The molecule has 2 aromatic rings. The maximum absolute atomic E-state index is 14.0. The van der Waals surface area contributed by atoms with Crippen molar-refractivity contribution < 1.29 is 44.3 Å². The number of nitrogens with zero attached hydrogens (tertiary/aromatic N) is 2. The van der Waals surface area contributed by atoms with Crippen LogP contribution in [0.2, 0.25) is 0 Å². The first kappa shape index (κ1) is 28.8. The number of hydrogen-bond donors (Lipinski definition) is 5. The molecule has 1 heterocycles. The molecule has 1 aliphatic heterocycles. The van der Waals surface area contributed by atoms with Gasteiger partial charge in [0.25, 0.3) is 5.91 Å². The summed E-state index contributed by atoms with van der Waals surface area (Å²) in [5, 5.41) is 46.6. The number of esters is 1. The van der Waals surface area contributed by atoms with E-state index in [2.05, 4.69) is 4.90 Å². The number of aromatic hydroxyl groups is 1. The van der Waals surface area contributed by atoms with E-state index in [-0.39, 0.29) is 41.6 Å². The van der Waals surface area contributed by atoms with Crippen molar-refractivity contribution in [2.24, 2.45) is 23.5 Å². The lowest BCUT2D eigenvalue weighted by atomic mass is 9.58. The van der Waals surface area contributed by atoms with E-state index in [1.165, 1.54) is 12.0 Å². The van der Waals surface area contributed by atoms with Crippen molar-refractivity contribution in [3.05, 3.63) is 63.6 Å². The fourth-order valence-electron chi connectivity index (χ4n) is 7.44. The maximum Gasteiger partial charge on any atom is 0.311 e. The van der Waals surface area contributed by atoms with E-state index in [0.717, 1.165) is 5.56 Å². The molecule has 0 bridgehead atoms. The third-order valence-corrected chi connectivity index (χ3v) is 9.49. The summed E-state index contributed by atoms with van der Waals surface area (Å²) in [5.41, 5.74) is 3.06. The normalized spacial score (nSPS) is 27.6. The van der Waals surface area contributed by atoms with Crippen molar-refractivity contribution in [2.75, 3.05) is 34.3 Å². The smallest absolute Gasteiger partial charge is 0.311 e. The summed E-state index contributed by atoms with van der Waals surface area (Å²) in [6.45, 7) is 1.62. The van der Waals surface area contributed by atoms with Crippen LogP contribution in [0.5, 0.6) is 5.75 Å². The van der Waals surface area contributed by atoms with Crippen molar-refractivity contribution in [3.8, 4) is 5.75 Å². The van der Waals surface area contributed by atoms with Crippen molar-refractivity contribution >= 4 is 34.2 Å². The molecule has 0 spiro atoms. The Kier molecular flexibility index (Phi) is 6.64. The minimum absolute atomic E-state index is 0.0277. The van der Waals surface area contributed by atoms with Crippen LogP contribution in [-0.2, 0) is 32.1 Å². The largest absolute Gasteiger partial charge is 0.510 e. The molecule has 0 unspecified atom stereocenters. The van der Waals surface area contributed by atoms with Gasteiger partial charge in [0, 0.05) is 36.5 Å². The van der Waals surface area contributed by atoms with E-state index in [4.69, 9.17) is 10.5 Å². The number of allylic oxidation sites excluding steroid dienone is 1. The van der Waals surface area contributed by atoms with E-state index < -0.39 is 58.0 Å². The van der Waals surface area contributed by atoms with Crippen LogP contribution in [0.4, 0.5) is 0 Å². The molecule has 0 aromatic heterocycles. The van der Waals surface area contributed by atoms with Crippen LogP contribution in [0, 0.1) is 17.8 Å². The molecule has 3 aliphatic carbocycles. The molecular weight excluding hydrogens is 558 g/mol. The van der Waals surface area contributed by atoms with Gasteiger partial charge in [0.2, 0.25) is 5.78 Å². The number of primary amides is 1. The molecule has 4 aliphatic rings. The number of likely N-dealkylation sites (N-methyl/N-ethyl adjacent to an activating group) is 1. The van der Waals surface area contributed by atoms with Gasteiger partial charge in [-0.3, -0.25) is 29.0 Å². The second-order valence-electron chi connectivity index (χ2n) is 12.2. The van der Waals surface area contributed by atoms with E-state index in [1.54, 1.807) is 20.2 Å². The van der Waals surface area contributed by atoms with Crippen molar-refractivity contribution in [2.45, 2.75) is 31.0 Å². The molecule has 1 saturated heterocycles. The van der Waals surface area contributed by atoms with Gasteiger partial charge < -0.3 is 30.9 Å². The number of ether oxygens (including phenoxy) is 1. The molecular formula is C31H33N3O9. The fraction of sp³-hybridized carbons (Fsp3) is 0.419. The zero-order chi connectivity index (χ0) is 31.1. The monoisotopic (exact) mass is 591 g/mol. The van der Waals surface area contributed by atoms with Crippen LogP contribution in [0.3, 0.4) is 0 Å².